The van der Waals surface area contributed by atoms with Crippen molar-refractivity contribution in [3.05, 3.63) is 65.2 Å². The van der Waals surface area contributed by atoms with Crippen LogP contribution in [0.25, 0.3) is 0 Å². The number of aromatic nitrogens is 3. The lowest BCUT2D eigenvalue weighted by molar-refractivity contribution is -0.138. The Morgan fingerprint density at radius 2 is 1.97 bits per heavy atom. The zero-order chi connectivity index (χ0) is 23.9. The third kappa shape index (κ3) is 4.13. The molecular weight excluding hydrogens is 439 g/mol. The third-order valence-corrected chi connectivity index (χ3v) is 5.39. The van der Waals surface area contributed by atoms with Gasteiger partial charge in [-0.05, 0) is 37.6 Å². The normalized spacial score (nSPS) is 15.9. The first kappa shape index (κ1) is 22.3. The Balaban J connectivity index is 1.66. The van der Waals surface area contributed by atoms with Gasteiger partial charge in [0.05, 0.1) is 48.6 Å². The predicted molar refractivity (Wildman–Crippen MR) is 114 cm³/mol. The number of nitrogens with zero attached hydrogens (tertiary/aromatic N) is 4. The van der Waals surface area contributed by atoms with Crippen molar-refractivity contribution in [2.75, 3.05) is 23.9 Å². The van der Waals surface area contributed by atoms with Crippen LogP contribution in [0.2, 0.25) is 0 Å². The number of benzene rings is 1. The van der Waals surface area contributed by atoms with E-state index in [-0.39, 0.29) is 29.4 Å². The fourth-order valence-electron chi connectivity index (χ4n) is 3.78. The van der Waals surface area contributed by atoms with Gasteiger partial charge < -0.3 is 15.0 Å². The van der Waals surface area contributed by atoms with E-state index in [9.17, 15) is 22.8 Å². The summed E-state index contributed by atoms with van der Waals surface area (Å²) >= 11 is 0. The first-order chi connectivity index (χ1) is 15.6. The van der Waals surface area contributed by atoms with Gasteiger partial charge in [-0.15, -0.1) is 0 Å². The smallest absolute Gasteiger partial charge is 0.416 e. The van der Waals surface area contributed by atoms with Crippen molar-refractivity contribution in [2.45, 2.75) is 26.1 Å². The lowest BCUT2D eigenvalue weighted by atomic mass is 10.0. The van der Waals surface area contributed by atoms with E-state index in [1.807, 2.05) is 0 Å². The predicted octanol–water partition coefficient (Wildman–Crippen LogP) is 4.09. The Morgan fingerprint density at radius 1 is 1.21 bits per heavy atom. The largest absolute Gasteiger partial charge is 0.495 e. The number of hydrogen-bond donors (Lipinski definition) is 1. The highest BCUT2D eigenvalue weighted by Gasteiger charge is 2.37. The molecule has 1 aromatic carbocycles. The molecule has 8 nitrogen and oxygen atoms in total. The molecule has 172 valence electrons. The van der Waals surface area contributed by atoms with Gasteiger partial charge in [0.15, 0.2) is 0 Å². The summed E-state index contributed by atoms with van der Waals surface area (Å²) in [5.74, 6) is -0.658. The quantitative estimate of drug-likeness (QED) is 0.635. The number of carbonyl (C=O) groups is 2. The zero-order valence-corrected chi connectivity index (χ0v) is 18.0. The van der Waals surface area contributed by atoms with Crippen LogP contribution in [-0.4, -0.2) is 40.2 Å². The van der Waals surface area contributed by atoms with Gasteiger partial charge in [-0.25, -0.2) is 0 Å². The second kappa shape index (κ2) is 8.23. The lowest BCUT2D eigenvalue weighted by Gasteiger charge is -2.32. The molecule has 1 aliphatic rings. The van der Waals surface area contributed by atoms with Crippen molar-refractivity contribution < 1.29 is 27.5 Å². The molecule has 0 spiro atoms. The number of carbonyl (C=O) groups excluding carboxylic acids is 2. The van der Waals surface area contributed by atoms with Gasteiger partial charge in [0.25, 0.3) is 11.8 Å². The van der Waals surface area contributed by atoms with Crippen LogP contribution in [0, 0.1) is 6.92 Å². The maximum atomic E-state index is 13.3. The van der Waals surface area contributed by atoms with Gasteiger partial charge in [0.1, 0.15) is 11.4 Å². The molecule has 2 amide bonds. The summed E-state index contributed by atoms with van der Waals surface area (Å²) in [5, 5.41) is 6.86. The van der Waals surface area contributed by atoms with Gasteiger partial charge >= 0.3 is 6.18 Å². The zero-order valence-electron chi connectivity index (χ0n) is 18.0. The van der Waals surface area contributed by atoms with E-state index in [0.29, 0.717) is 17.1 Å². The molecule has 3 aromatic rings. The summed E-state index contributed by atoms with van der Waals surface area (Å²) in [6, 6.07) is 4.80. The number of amides is 2. The van der Waals surface area contributed by atoms with Crippen LogP contribution in [-0.2, 0) is 6.18 Å². The van der Waals surface area contributed by atoms with Gasteiger partial charge in [0, 0.05) is 18.3 Å². The van der Waals surface area contributed by atoms with Crippen LogP contribution in [0.15, 0.2) is 42.9 Å². The van der Waals surface area contributed by atoms with Crippen molar-refractivity contribution >= 4 is 23.2 Å². The molecule has 3 heterocycles. The van der Waals surface area contributed by atoms with Crippen molar-refractivity contribution in [1.82, 2.24) is 14.8 Å². The van der Waals surface area contributed by atoms with Crippen LogP contribution < -0.4 is 15.0 Å². The monoisotopic (exact) mass is 459 g/mol. The van der Waals surface area contributed by atoms with E-state index in [2.05, 4.69) is 15.4 Å². The molecule has 0 aliphatic carbocycles. The van der Waals surface area contributed by atoms with Crippen molar-refractivity contribution in [2.24, 2.45) is 0 Å². The van der Waals surface area contributed by atoms with Crippen molar-refractivity contribution in [3.63, 3.8) is 0 Å². The number of alkyl halides is 3. The molecule has 4 rings (SSSR count). The molecule has 1 N–H and O–H groups in total. The van der Waals surface area contributed by atoms with Gasteiger partial charge in [-0.1, -0.05) is 0 Å². The first-order valence-corrected chi connectivity index (χ1v) is 9.97. The number of rotatable bonds is 4. The minimum Gasteiger partial charge on any atom is -0.495 e. The van der Waals surface area contributed by atoms with E-state index in [4.69, 9.17) is 4.74 Å². The summed E-state index contributed by atoms with van der Waals surface area (Å²) in [6.45, 7) is 3.34. The van der Waals surface area contributed by atoms with Crippen LogP contribution in [0.5, 0.6) is 5.75 Å². The average Bonchev–Trinajstić information content (AvgIpc) is 3.22. The molecule has 0 saturated heterocycles. The molecule has 2 aromatic heterocycles. The molecule has 1 atom stereocenters. The number of pyridine rings is 1. The fraction of sp³-hybridized carbons (Fsp3) is 0.273. The number of methoxy groups -OCH3 is 1. The molecule has 33 heavy (non-hydrogen) atoms. The molecule has 1 aliphatic heterocycles. The van der Waals surface area contributed by atoms with Crippen molar-refractivity contribution in [1.29, 1.82) is 0 Å². The Labute approximate surface area is 187 Å². The van der Waals surface area contributed by atoms with Crippen LogP contribution >= 0.6 is 0 Å². The number of nitrogens with one attached hydrogen (secondary N) is 1. The van der Waals surface area contributed by atoms with E-state index in [1.165, 1.54) is 54.3 Å². The standard InChI is InChI=1S/C22H20F3N5O3/c1-12-6-15(4-5-18(12)22(23,24)25)29-11-13(2)30-19(21(29)32)17(10-27-30)20(31)28-14-7-16(33-3)9-26-8-14/h4-10,13H,11H2,1-3H3,(H,28,31)/t13-/m0/s1. The van der Waals surface area contributed by atoms with Crippen LogP contribution in [0.3, 0.4) is 0 Å². The number of halogens is 3. The number of hydrogen-bond acceptors (Lipinski definition) is 5. The van der Waals surface area contributed by atoms with Gasteiger partial charge in [-0.2, -0.15) is 18.3 Å². The Morgan fingerprint density at radius 3 is 2.64 bits per heavy atom. The summed E-state index contributed by atoms with van der Waals surface area (Å²) < 4.78 is 46.0. The summed E-state index contributed by atoms with van der Waals surface area (Å²) in [7, 11) is 1.47. The van der Waals surface area contributed by atoms with Crippen LogP contribution in [0.1, 0.15) is 44.9 Å². The minimum absolute atomic E-state index is 0.00280. The third-order valence-electron chi connectivity index (χ3n) is 5.39. The molecule has 0 bridgehead atoms. The highest BCUT2D eigenvalue weighted by atomic mass is 19.4. The maximum absolute atomic E-state index is 13.3. The molecule has 0 fully saturated rings. The summed E-state index contributed by atoms with van der Waals surface area (Å²) in [4.78, 5) is 31.6. The van der Waals surface area contributed by atoms with E-state index in [0.717, 1.165) is 6.07 Å². The lowest BCUT2D eigenvalue weighted by Crippen LogP contribution is -2.43. The van der Waals surface area contributed by atoms with Gasteiger partial charge in [0.2, 0.25) is 0 Å². The number of ether oxygens (including phenoxy) is 1. The molecule has 0 saturated carbocycles. The minimum atomic E-state index is -4.49. The Kier molecular flexibility index (Phi) is 5.56. The van der Waals surface area contributed by atoms with Crippen LogP contribution in [0.4, 0.5) is 24.5 Å². The highest BCUT2D eigenvalue weighted by molar-refractivity contribution is 6.15. The van der Waals surface area contributed by atoms with E-state index >= 15 is 0 Å². The van der Waals surface area contributed by atoms with E-state index < -0.39 is 23.6 Å². The Bertz CT molecular complexity index is 1240. The Hall–Kier alpha value is -3.89. The highest BCUT2D eigenvalue weighted by Crippen LogP contribution is 2.35. The maximum Gasteiger partial charge on any atom is 0.416 e. The van der Waals surface area contributed by atoms with E-state index in [1.54, 1.807) is 13.0 Å². The van der Waals surface area contributed by atoms with Crippen molar-refractivity contribution in [3.8, 4) is 5.75 Å². The average molecular weight is 459 g/mol. The first-order valence-electron chi connectivity index (χ1n) is 9.97. The molecule has 11 heteroatoms. The second-order valence-corrected chi connectivity index (χ2v) is 7.68. The SMILES string of the molecule is COc1cncc(NC(=O)c2cnn3c2C(=O)N(c2ccc(C(F)(F)F)c(C)c2)C[C@@H]3C)c1. The number of aryl methyl sites for hydroxylation is 1. The second-order valence-electron chi connectivity index (χ2n) is 7.68. The fourth-order valence-corrected chi connectivity index (χ4v) is 3.78. The molecule has 0 unspecified atom stereocenters. The summed E-state index contributed by atoms with van der Waals surface area (Å²) in [6.07, 6.45) is -0.278. The molecule has 0 radical (unpaired) electrons. The van der Waals surface area contributed by atoms with Gasteiger partial charge in [-0.3, -0.25) is 19.3 Å². The number of fused-ring (bicyclic) bond motifs is 1. The molecular formula is C22H20F3N5O3. The number of anilines is 2. The summed E-state index contributed by atoms with van der Waals surface area (Å²) in [5.41, 5.74) is 0.0189. The topological polar surface area (TPSA) is 89.3 Å².